The zero-order valence-electron chi connectivity index (χ0n) is 81.8. The van der Waals surface area contributed by atoms with Crippen molar-refractivity contribution in [1.82, 2.24) is 114 Å². The quantitative estimate of drug-likeness (QED) is 0.0153. The minimum absolute atomic E-state index is 0.00600. The summed E-state index contributed by atoms with van der Waals surface area (Å²) in [5.41, 5.74) is 44.8. The lowest BCUT2D eigenvalue weighted by Crippen LogP contribution is -2.61. The molecule has 0 spiro atoms. The van der Waals surface area contributed by atoms with Gasteiger partial charge < -0.3 is 171 Å². The Morgan fingerprint density at radius 2 is 0.556 bits per heavy atom. The number of carboxylic acid groups (broad SMARTS) is 1. The molecule has 6 saturated heterocycles. The summed E-state index contributed by atoms with van der Waals surface area (Å²) in [5.74, 6) is -16.0. The van der Waals surface area contributed by atoms with E-state index in [9.17, 15) is 67.7 Å². The van der Waals surface area contributed by atoms with Crippen LogP contribution in [0.4, 0.5) is 0 Å². The number of aliphatic hydroxyl groups is 1. The summed E-state index contributed by atoms with van der Waals surface area (Å²) in [6.07, 6.45) is 3.81. The van der Waals surface area contributed by atoms with Crippen LogP contribution in [-0.4, -0.2) is 364 Å². The maximum atomic E-state index is 15.2. The van der Waals surface area contributed by atoms with E-state index in [1.165, 1.54) is 29.4 Å². The van der Waals surface area contributed by atoms with Gasteiger partial charge in [0, 0.05) is 85.1 Å². The number of nitrogens with zero attached hydrogens (tertiary/aromatic N) is 6. The summed E-state index contributed by atoms with van der Waals surface area (Å²) >= 11 is 0. The molecule has 0 aromatic heterocycles. The maximum absolute atomic E-state index is 15.2. The molecule has 6 aliphatic rings. The molecule has 55 heteroatoms. The normalized spacial score (nSPS) is 19.9. The van der Waals surface area contributed by atoms with E-state index >= 15 is 19.2 Å². The van der Waals surface area contributed by atoms with E-state index in [1.807, 2.05) is 0 Å². The lowest BCUT2D eigenvalue weighted by atomic mass is 9.96. The second-order valence-corrected chi connectivity index (χ2v) is 37.1. The van der Waals surface area contributed by atoms with Gasteiger partial charge in [-0.2, -0.15) is 0 Å². The Hall–Kier alpha value is -13.7. The number of carboxylic acids is 1. The fourth-order valence-electron chi connectivity index (χ4n) is 18.4. The molecule has 142 heavy (non-hydrogen) atoms. The van der Waals surface area contributed by atoms with Crippen molar-refractivity contribution < 1.29 is 86.9 Å². The first kappa shape index (κ1) is 117. The van der Waals surface area contributed by atoms with E-state index in [-0.39, 0.29) is 274 Å². The molecule has 0 saturated carbocycles. The second-order valence-electron chi connectivity index (χ2n) is 37.1. The topological polar surface area (TPSA) is 901 Å². The van der Waals surface area contributed by atoms with Crippen molar-refractivity contribution in [3.8, 4) is 0 Å². The molecule has 15 amide bonds. The molecule has 17 atom stereocenters. The van der Waals surface area contributed by atoms with Crippen LogP contribution in [0.5, 0.6) is 0 Å². The number of aliphatic hydroxyl groups excluding tert-OH is 1. The molecule has 55 nitrogen and oxygen atoms in total. The van der Waals surface area contributed by atoms with Gasteiger partial charge in [-0.15, -0.1) is 0 Å². The van der Waals surface area contributed by atoms with E-state index in [1.54, 1.807) is 27.7 Å². The summed E-state index contributed by atoms with van der Waals surface area (Å²) in [4.78, 5) is 240. The van der Waals surface area contributed by atoms with Crippen molar-refractivity contribution in [2.45, 2.75) is 304 Å². The second kappa shape index (κ2) is 59.2. The first-order valence-electron chi connectivity index (χ1n) is 49.1. The summed E-state index contributed by atoms with van der Waals surface area (Å²) < 4.78 is 0. The Kier molecular flexibility index (Phi) is 48.8. The minimum atomic E-state index is -1.68. The van der Waals surface area contributed by atoms with Crippen LogP contribution in [-0.2, 0) is 76.7 Å². The summed E-state index contributed by atoms with van der Waals surface area (Å²) in [5, 5.41) is 117. The molecule has 0 radical (unpaired) electrons. The maximum Gasteiger partial charge on any atom is 0.326 e. The highest BCUT2D eigenvalue weighted by Crippen LogP contribution is 2.30. The number of hydrogen-bond acceptors (Lipinski definition) is 25. The lowest BCUT2D eigenvalue weighted by Gasteiger charge is -2.34. The molecule has 0 aliphatic carbocycles. The third kappa shape index (κ3) is 37.1. The summed E-state index contributed by atoms with van der Waals surface area (Å²) in [6, 6.07) is -20.8. The smallest absolute Gasteiger partial charge is 0.326 e. The Labute approximate surface area is 825 Å². The number of likely N-dealkylation sites (tertiary alicyclic amines) is 6. The number of carbonyl (C=O) groups excluding carboxylic acids is 15. The van der Waals surface area contributed by atoms with E-state index in [0.717, 1.165) is 0 Å². The van der Waals surface area contributed by atoms with Crippen molar-refractivity contribution in [3.05, 3.63) is 0 Å². The molecule has 6 aliphatic heterocycles. The number of nitrogens with one attached hydrogen (secondary N) is 23. The zero-order chi connectivity index (χ0) is 105. The van der Waals surface area contributed by atoms with Gasteiger partial charge in [-0.3, -0.25) is 110 Å². The molecule has 41 N–H and O–H groups in total. The highest BCUT2D eigenvalue weighted by Gasteiger charge is 2.49. The zero-order valence-corrected chi connectivity index (χ0v) is 81.8. The van der Waals surface area contributed by atoms with Crippen LogP contribution in [0.3, 0.4) is 0 Å². The average Bonchev–Trinajstić information content (AvgIpc) is 1.55. The van der Waals surface area contributed by atoms with Crippen LogP contribution < -0.4 is 131 Å². The predicted octanol–water partition coefficient (Wildman–Crippen LogP) is -9.37. The van der Waals surface area contributed by atoms with Gasteiger partial charge in [-0.05, 0) is 185 Å². The van der Waals surface area contributed by atoms with Crippen molar-refractivity contribution >= 4 is 136 Å². The van der Waals surface area contributed by atoms with Crippen LogP contribution in [0.15, 0.2) is 0 Å². The molecule has 6 rings (SSSR count). The third-order valence-electron chi connectivity index (χ3n) is 25.9. The van der Waals surface area contributed by atoms with E-state index in [2.05, 4.69) is 85.1 Å². The van der Waals surface area contributed by atoms with Crippen LogP contribution in [0.2, 0.25) is 0 Å². The number of hydrogen-bond donors (Lipinski definition) is 33. The van der Waals surface area contributed by atoms with Gasteiger partial charge in [0.25, 0.3) is 0 Å². The fourth-order valence-corrected chi connectivity index (χ4v) is 18.4. The molecule has 0 aromatic carbocycles. The van der Waals surface area contributed by atoms with Gasteiger partial charge in [-0.1, -0.05) is 34.1 Å². The Bertz CT molecular complexity index is 4420. The minimum Gasteiger partial charge on any atom is -0.480 e. The van der Waals surface area contributed by atoms with Gasteiger partial charge in [0.1, 0.15) is 90.6 Å². The number of amides is 15. The predicted molar refractivity (Wildman–Crippen MR) is 521 cm³/mol. The first-order valence-corrected chi connectivity index (χ1v) is 49.1. The highest BCUT2D eigenvalue weighted by molar-refractivity contribution is 6.02. The lowest BCUT2D eigenvalue weighted by molar-refractivity contribution is -0.149. The van der Waals surface area contributed by atoms with E-state index < -0.39 is 204 Å². The highest BCUT2D eigenvalue weighted by atomic mass is 16.4. The third-order valence-corrected chi connectivity index (χ3v) is 25.9. The van der Waals surface area contributed by atoms with E-state index in [0.29, 0.717) is 38.5 Å². The van der Waals surface area contributed by atoms with Crippen molar-refractivity contribution in [2.75, 3.05) is 91.7 Å². The standard InChI is InChI=1S/C87H155N37O18/c1-5-48(4)64(118-67(128)51(21-8-34-105-83(93)94)110-65(126)49(88)19-6-32-103-81(89)90)73(134)114-54(24-11-37-108-86(99)100)76(137)121-41-15-29-61(121)72(133)117-57(46-125)78(139)124-44-18-31-63(124)79(140)123-43-17-30-62(123)68(129)111-50(20-7-33-104-82(91)92)66(127)116-56(45-47(2)3)77(138)122-42-16-27-59(122)70(131)113-52(22-9-35-106-84(95)96)74(135)119-39-13-26-58(119)69(130)112-53(23-10-36-107-85(97)98)75(136)120-40-14-28-60(120)71(132)115-55(80(141)142)25-12-38-109-87(101)102/h47-64,125H,5-46,88H2,1-4H3,(H,110,126)(H,111,129)(H,112,130)(H,113,131)(H,114,134)(H,115,132)(H,116,127)(H,117,133)(H,118,128)(H,141,142)(H4,89,90,103)(H4,91,92,104)(H4,93,94,105)(H4,95,96,106)(H4,97,98,107)(H4,99,100,108)(H4,101,102,109)/t48-,49-,50-,51-,52-,53-,54-,55-,56-,57-,58-,59-,60-,61-,62-,63-,64-/m0/s1. The molecule has 0 bridgehead atoms. The Morgan fingerprint density at radius 3 is 0.887 bits per heavy atom. The van der Waals surface area contributed by atoms with Gasteiger partial charge in [0.2, 0.25) is 88.6 Å². The molecule has 0 unspecified atom stereocenters. The number of guanidine groups is 7. The first-order chi connectivity index (χ1) is 67.4. The van der Waals surface area contributed by atoms with Gasteiger partial charge in [-0.25, -0.2) is 4.79 Å². The van der Waals surface area contributed by atoms with Crippen molar-refractivity contribution in [3.63, 3.8) is 0 Å². The molecular weight excluding hydrogens is 1850 g/mol. The summed E-state index contributed by atoms with van der Waals surface area (Å²) in [7, 11) is 0. The van der Waals surface area contributed by atoms with Crippen molar-refractivity contribution in [2.24, 2.45) is 57.7 Å². The summed E-state index contributed by atoms with van der Waals surface area (Å²) in [6.45, 7) is 6.97. The molecule has 6 heterocycles. The van der Waals surface area contributed by atoms with Crippen LogP contribution in [0.25, 0.3) is 0 Å². The number of nitrogens with two attached hydrogens (primary N) is 8. The van der Waals surface area contributed by atoms with Gasteiger partial charge >= 0.3 is 5.97 Å². The Morgan fingerprint density at radius 1 is 0.310 bits per heavy atom. The molecule has 796 valence electrons. The number of rotatable bonds is 58. The van der Waals surface area contributed by atoms with E-state index in [4.69, 9.17) is 83.7 Å². The number of aliphatic carboxylic acids is 1. The average molecular weight is 2010 g/mol. The number of carbonyl (C=O) groups is 16. The SMILES string of the molecule is CC[C@H](C)[C@H](NC(=O)[C@H](CCCNC(=N)N)NC(=O)[C@@H](N)CCCNC(=N)N)C(=O)N[C@@H](CCCNC(=N)N)C(=O)N1CCC[C@H]1C(=O)N[C@@H](CO)C(=O)N1CCC[C@H]1C(=O)N1CCC[C@H]1C(=O)N[C@@H](CCCNC(=N)N)C(=O)N[C@@H](CC(C)C)C(=O)N1CCC[C@H]1C(=O)N[C@@H](CCCNC(=N)N)C(=O)N1CCC[C@H]1C(=O)N[C@@H](CCCNC(=N)N)C(=O)N1CCC[C@H]1C(=O)N[C@@H](CCCNC(=N)N)C(=O)O. The molecule has 0 aromatic rings. The largest absolute Gasteiger partial charge is 0.480 e. The van der Waals surface area contributed by atoms with Crippen LogP contribution in [0, 0.1) is 49.7 Å². The van der Waals surface area contributed by atoms with Gasteiger partial charge in [0.15, 0.2) is 41.7 Å². The molecule has 6 fully saturated rings. The fraction of sp³-hybridized carbons (Fsp3) is 0.736. The van der Waals surface area contributed by atoms with Crippen molar-refractivity contribution in [1.29, 1.82) is 37.9 Å². The molecular formula is C87H155N37O18. The van der Waals surface area contributed by atoms with Gasteiger partial charge in [0.05, 0.1) is 12.6 Å². The van der Waals surface area contributed by atoms with Crippen LogP contribution in [0.1, 0.15) is 207 Å². The van der Waals surface area contributed by atoms with Crippen LogP contribution >= 0.6 is 0 Å². The monoisotopic (exact) mass is 2010 g/mol. The Balaban J connectivity index is 1.15.